The summed E-state index contributed by atoms with van der Waals surface area (Å²) >= 11 is 0. The second kappa shape index (κ2) is 7.26. The molecule has 1 aliphatic carbocycles. The Labute approximate surface area is 163 Å². The standard InChI is InChI=1S/C22H24N4O2/c27-22(17-5-6-20(24-12-17)28-14-15-3-4-15)26-10-7-16(8-11-26)19-13-25-21-18(19)2-1-9-23-21/h1-2,5-6,9,12-13,15-16H,3-4,7-8,10-11,14H2,(H,23,25). The lowest BCUT2D eigenvalue weighted by atomic mass is 9.89. The van der Waals surface area contributed by atoms with Crippen LogP contribution in [0.15, 0.2) is 42.9 Å². The largest absolute Gasteiger partial charge is 0.477 e. The molecule has 1 saturated heterocycles. The van der Waals surface area contributed by atoms with Crippen molar-refractivity contribution < 1.29 is 9.53 Å². The first-order chi connectivity index (χ1) is 13.8. The molecular formula is C22H24N4O2. The summed E-state index contributed by atoms with van der Waals surface area (Å²) in [6.45, 7) is 2.25. The van der Waals surface area contributed by atoms with Crippen molar-refractivity contribution in [1.29, 1.82) is 0 Å². The van der Waals surface area contributed by atoms with Crippen molar-refractivity contribution in [3.63, 3.8) is 0 Å². The molecule has 3 aromatic heterocycles. The van der Waals surface area contributed by atoms with E-state index < -0.39 is 0 Å². The lowest BCUT2D eigenvalue weighted by Crippen LogP contribution is -2.37. The summed E-state index contributed by atoms with van der Waals surface area (Å²) in [7, 11) is 0. The number of aromatic amines is 1. The van der Waals surface area contributed by atoms with Gasteiger partial charge in [0.1, 0.15) is 5.65 Å². The number of amides is 1. The maximum atomic E-state index is 12.8. The Morgan fingerprint density at radius 2 is 2.00 bits per heavy atom. The van der Waals surface area contributed by atoms with Crippen molar-refractivity contribution in [2.75, 3.05) is 19.7 Å². The van der Waals surface area contributed by atoms with Gasteiger partial charge >= 0.3 is 0 Å². The molecule has 0 aromatic carbocycles. The number of H-pyrrole nitrogens is 1. The van der Waals surface area contributed by atoms with Crippen molar-refractivity contribution in [2.24, 2.45) is 5.92 Å². The summed E-state index contributed by atoms with van der Waals surface area (Å²) in [4.78, 5) is 26.7. The van der Waals surface area contributed by atoms with Gasteiger partial charge in [-0.2, -0.15) is 0 Å². The third kappa shape index (κ3) is 3.46. The second-order valence-corrected chi connectivity index (χ2v) is 7.85. The molecule has 1 N–H and O–H groups in total. The van der Waals surface area contributed by atoms with Gasteiger partial charge in [-0.05, 0) is 61.3 Å². The smallest absolute Gasteiger partial charge is 0.255 e. The van der Waals surface area contributed by atoms with Crippen LogP contribution in [-0.2, 0) is 0 Å². The zero-order chi connectivity index (χ0) is 18.9. The molecular weight excluding hydrogens is 352 g/mol. The number of ether oxygens (including phenoxy) is 1. The molecule has 0 atom stereocenters. The lowest BCUT2D eigenvalue weighted by molar-refractivity contribution is 0.0713. The van der Waals surface area contributed by atoms with E-state index in [2.05, 4.69) is 27.2 Å². The maximum absolute atomic E-state index is 12.8. The average molecular weight is 376 g/mol. The molecule has 3 aromatic rings. The highest BCUT2D eigenvalue weighted by Gasteiger charge is 2.26. The highest BCUT2D eigenvalue weighted by atomic mass is 16.5. The number of aromatic nitrogens is 3. The van der Waals surface area contributed by atoms with Crippen molar-refractivity contribution in [2.45, 2.75) is 31.6 Å². The number of carbonyl (C=O) groups is 1. The predicted octanol–water partition coefficient (Wildman–Crippen LogP) is 3.77. The Balaban J connectivity index is 1.20. The van der Waals surface area contributed by atoms with Crippen LogP contribution in [-0.4, -0.2) is 45.5 Å². The third-order valence-corrected chi connectivity index (χ3v) is 5.85. The molecule has 144 valence electrons. The van der Waals surface area contributed by atoms with Crippen LogP contribution in [0.4, 0.5) is 0 Å². The zero-order valence-corrected chi connectivity index (χ0v) is 15.8. The van der Waals surface area contributed by atoms with E-state index in [9.17, 15) is 4.79 Å². The molecule has 2 aliphatic rings. The van der Waals surface area contributed by atoms with Crippen LogP contribution in [0.5, 0.6) is 5.88 Å². The van der Waals surface area contributed by atoms with Crippen LogP contribution in [0.25, 0.3) is 11.0 Å². The number of hydrogen-bond acceptors (Lipinski definition) is 4. The van der Waals surface area contributed by atoms with Gasteiger partial charge in [-0.15, -0.1) is 0 Å². The summed E-state index contributed by atoms with van der Waals surface area (Å²) in [5.41, 5.74) is 2.88. The molecule has 1 saturated carbocycles. The Kier molecular flexibility index (Phi) is 4.47. The van der Waals surface area contributed by atoms with Gasteiger partial charge in [0.05, 0.1) is 12.2 Å². The minimum Gasteiger partial charge on any atom is -0.477 e. The summed E-state index contributed by atoms with van der Waals surface area (Å²) in [5.74, 6) is 1.81. The number of piperidine rings is 1. The van der Waals surface area contributed by atoms with E-state index in [1.165, 1.54) is 23.8 Å². The van der Waals surface area contributed by atoms with Crippen LogP contribution >= 0.6 is 0 Å². The van der Waals surface area contributed by atoms with Crippen molar-refractivity contribution >= 4 is 16.9 Å². The maximum Gasteiger partial charge on any atom is 0.255 e. The molecule has 1 aliphatic heterocycles. The van der Waals surface area contributed by atoms with Gasteiger partial charge in [-0.3, -0.25) is 4.79 Å². The fourth-order valence-corrected chi connectivity index (χ4v) is 3.97. The Bertz CT molecular complexity index is 970. The molecule has 0 unspecified atom stereocenters. The van der Waals surface area contributed by atoms with E-state index in [4.69, 9.17) is 4.74 Å². The van der Waals surface area contributed by atoms with Crippen molar-refractivity contribution in [3.8, 4) is 5.88 Å². The topological polar surface area (TPSA) is 71.1 Å². The van der Waals surface area contributed by atoms with E-state index in [0.717, 1.165) is 38.2 Å². The molecule has 4 heterocycles. The minimum absolute atomic E-state index is 0.0558. The Hall–Kier alpha value is -2.89. The molecule has 0 spiro atoms. The summed E-state index contributed by atoms with van der Waals surface area (Å²) in [5, 5.41) is 1.19. The number of hydrogen-bond donors (Lipinski definition) is 1. The third-order valence-electron chi connectivity index (χ3n) is 5.85. The van der Waals surface area contributed by atoms with Gasteiger partial charge in [0.2, 0.25) is 5.88 Å². The molecule has 5 rings (SSSR count). The second-order valence-electron chi connectivity index (χ2n) is 7.85. The highest BCUT2D eigenvalue weighted by molar-refractivity contribution is 5.94. The Morgan fingerprint density at radius 3 is 2.75 bits per heavy atom. The number of pyridine rings is 2. The number of likely N-dealkylation sites (tertiary alicyclic amines) is 1. The van der Waals surface area contributed by atoms with Crippen LogP contribution in [0.1, 0.15) is 47.5 Å². The van der Waals surface area contributed by atoms with Gasteiger partial charge in [0.15, 0.2) is 0 Å². The van der Waals surface area contributed by atoms with E-state index in [1.54, 1.807) is 18.5 Å². The lowest BCUT2D eigenvalue weighted by Gasteiger charge is -2.32. The Morgan fingerprint density at radius 1 is 1.14 bits per heavy atom. The van der Waals surface area contributed by atoms with E-state index in [1.807, 2.05) is 17.0 Å². The molecule has 6 nitrogen and oxygen atoms in total. The van der Waals surface area contributed by atoms with Gasteiger partial charge in [-0.25, -0.2) is 9.97 Å². The van der Waals surface area contributed by atoms with Gasteiger partial charge in [0, 0.05) is 43.1 Å². The molecule has 2 fully saturated rings. The molecule has 6 heteroatoms. The first-order valence-electron chi connectivity index (χ1n) is 10.1. The fraction of sp³-hybridized carbons (Fsp3) is 0.409. The van der Waals surface area contributed by atoms with Crippen LogP contribution in [0, 0.1) is 5.92 Å². The average Bonchev–Trinajstić information content (AvgIpc) is 3.49. The molecule has 28 heavy (non-hydrogen) atoms. The minimum atomic E-state index is 0.0558. The fourth-order valence-electron chi connectivity index (χ4n) is 3.97. The zero-order valence-electron chi connectivity index (χ0n) is 15.8. The van der Waals surface area contributed by atoms with Crippen LogP contribution in [0.3, 0.4) is 0 Å². The van der Waals surface area contributed by atoms with Crippen LogP contribution < -0.4 is 4.74 Å². The number of fused-ring (bicyclic) bond motifs is 1. The van der Waals surface area contributed by atoms with E-state index in [-0.39, 0.29) is 5.91 Å². The first kappa shape index (κ1) is 17.2. The summed E-state index contributed by atoms with van der Waals surface area (Å²) in [6, 6.07) is 7.73. The SMILES string of the molecule is O=C(c1ccc(OCC2CC2)nc1)N1CCC(c2c[nH]c3ncccc23)CC1. The molecule has 0 bridgehead atoms. The predicted molar refractivity (Wildman–Crippen MR) is 106 cm³/mol. The summed E-state index contributed by atoms with van der Waals surface area (Å²) in [6.07, 6.45) is 9.95. The van der Waals surface area contributed by atoms with Gasteiger partial charge in [0.25, 0.3) is 5.91 Å². The number of rotatable bonds is 5. The highest BCUT2D eigenvalue weighted by Crippen LogP contribution is 2.33. The van der Waals surface area contributed by atoms with Crippen LogP contribution in [0.2, 0.25) is 0 Å². The summed E-state index contributed by atoms with van der Waals surface area (Å²) < 4.78 is 5.66. The van der Waals surface area contributed by atoms with Crippen molar-refractivity contribution in [1.82, 2.24) is 19.9 Å². The molecule has 1 amide bonds. The van der Waals surface area contributed by atoms with Crippen molar-refractivity contribution in [3.05, 3.63) is 54.0 Å². The first-order valence-corrected chi connectivity index (χ1v) is 10.1. The number of carbonyl (C=O) groups excluding carboxylic acids is 1. The monoisotopic (exact) mass is 376 g/mol. The normalized spacial score (nSPS) is 17.8. The van der Waals surface area contributed by atoms with E-state index >= 15 is 0 Å². The number of nitrogens with one attached hydrogen (secondary N) is 1. The number of nitrogens with zero attached hydrogens (tertiary/aromatic N) is 3. The quantitative estimate of drug-likeness (QED) is 0.736. The molecule has 0 radical (unpaired) electrons. The van der Waals surface area contributed by atoms with Gasteiger partial charge < -0.3 is 14.6 Å². The van der Waals surface area contributed by atoms with E-state index in [0.29, 0.717) is 23.3 Å². The van der Waals surface area contributed by atoms with Gasteiger partial charge in [-0.1, -0.05) is 0 Å².